The molecule has 1 aromatic rings. The van der Waals surface area contributed by atoms with E-state index in [9.17, 15) is 14.0 Å². The minimum atomic E-state index is -0.486. The fourth-order valence-corrected chi connectivity index (χ4v) is 2.67. The summed E-state index contributed by atoms with van der Waals surface area (Å²) >= 11 is 5.71. The third-order valence-corrected chi connectivity index (χ3v) is 4.14. The van der Waals surface area contributed by atoms with Gasteiger partial charge in [-0.25, -0.2) is 4.39 Å². The Bertz CT molecular complexity index is 595. The minimum Gasteiger partial charge on any atom is -0.352 e. The quantitative estimate of drug-likeness (QED) is 0.853. The highest BCUT2D eigenvalue weighted by Crippen LogP contribution is 2.19. The number of nitrogens with one attached hydrogen (secondary N) is 1. The van der Waals surface area contributed by atoms with Gasteiger partial charge in [-0.05, 0) is 31.8 Å². The van der Waals surface area contributed by atoms with Crippen LogP contribution in [0.1, 0.15) is 12.0 Å². The maximum absolute atomic E-state index is 13.1. The average Bonchev–Trinajstić information content (AvgIpc) is 2.87. The highest BCUT2D eigenvalue weighted by molar-refractivity contribution is 6.30. The van der Waals surface area contributed by atoms with Gasteiger partial charge < -0.3 is 15.1 Å². The molecule has 5 nitrogen and oxygen atoms in total. The Hall–Kier alpha value is -1.66. The number of likely N-dealkylation sites (tertiary alicyclic amines) is 1. The van der Waals surface area contributed by atoms with Gasteiger partial charge in [-0.15, -0.1) is 0 Å². The number of hydrogen-bond acceptors (Lipinski definition) is 3. The third kappa shape index (κ3) is 4.91. The zero-order valence-corrected chi connectivity index (χ0v) is 14.1. The van der Waals surface area contributed by atoms with E-state index in [1.54, 1.807) is 11.0 Å². The first kappa shape index (κ1) is 17.7. The predicted molar refractivity (Wildman–Crippen MR) is 86.5 cm³/mol. The maximum atomic E-state index is 13.1. The van der Waals surface area contributed by atoms with Gasteiger partial charge in [0.1, 0.15) is 5.82 Å². The van der Waals surface area contributed by atoms with E-state index in [1.807, 2.05) is 19.0 Å². The molecule has 0 saturated carbocycles. The van der Waals surface area contributed by atoms with Gasteiger partial charge in [-0.3, -0.25) is 9.59 Å². The molecule has 23 heavy (non-hydrogen) atoms. The van der Waals surface area contributed by atoms with Crippen LogP contribution in [0, 0.1) is 11.7 Å². The van der Waals surface area contributed by atoms with E-state index in [1.165, 1.54) is 12.1 Å². The molecule has 0 radical (unpaired) electrons. The standard InChI is InChI=1S/C16H21ClFN3O2/c1-20(2)5-6-21-10-12(8-15(21)22)16(23)19-9-11-3-4-14(18)13(17)7-11/h3-4,7,12H,5-6,8-10H2,1-2H3,(H,19,23)/t12-/m1/s1. The van der Waals surface area contributed by atoms with Crippen molar-refractivity contribution in [3.05, 3.63) is 34.6 Å². The maximum Gasteiger partial charge on any atom is 0.225 e. The summed E-state index contributed by atoms with van der Waals surface area (Å²) in [5.74, 6) is -0.969. The van der Waals surface area contributed by atoms with Crippen molar-refractivity contribution in [2.75, 3.05) is 33.7 Å². The Kier molecular flexibility index (Phi) is 5.96. The average molecular weight is 342 g/mol. The molecule has 0 unspecified atom stereocenters. The summed E-state index contributed by atoms with van der Waals surface area (Å²) in [6.45, 7) is 2.11. The molecule has 1 aliphatic heterocycles. The highest BCUT2D eigenvalue weighted by Gasteiger charge is 2.33. The van der Waals surface area contributed by atoms with Crippen LogP contribution in [0.25, 0.3) is 0 Å². The van der Waals surface area contributed by atoms with Gasteiger partial charge in [0.05, 0.1) is 10.9 Å². The number of benzene rings is 1. The zero-order valence-electron chi connectivity index (χ0n) is 13.3. The normalized spacial score (nSPS) is 17.9. The molecule has 1 saturated heterocycles. The number of hydrogen-bond donors (Lipinski definition) is 1. The molecule has 1 atom stereocenters. The molecule has 1 N–H and O–H groups in total. The van der Waals surface area contributed by atoms with Gasteiger partial charge in [-0.2, -0.15) is 0 Å². The molecule has 1 aromatic carbocycles. The van der Waals surface area contributed by atoms with Crippen molar-refractivity contribution in [3.63, 3.8) is 0 Å². The molecule has 1 fully saturated rings. The van der Waals surface area contributed by atoms with Crippen LogP contribution in [0.15, 0.2) is 18.2 Å². The molecule has 0 bridgehead atoms. The Morgan fingerprint density at radius 2 is 2.22 bits per heavy atom. The zero-order chi connectivity index (χ0) is 17.0. The predicted octanol–water partition coefficient (Wildman–Crippen LogP) is 1.51. The van der Waals surface area contributed by atoms with Crippen LogP contribution in [0.2, 0.25) is 5.02 Å². The minimum absolute atomic E-state index is 0.0110. The van der Waals surface area contributed by atoms with Crippen LogP contribution in [0.4, 0.5) is 4.39 Å². The molecule has 0 aromatic heterocycles. The molecule has 2 amide bonds. The third-order valence-electron chi connectivity index (χ3n) is 3.85. The van der Waals surface area contributed by atoms with Gasteiger partial charge in [0, 0.05) is 32.6 Å². The fourth-order valence-electron chi connectivity index (χ4n) is 2.47. The van der Waals surface area contributed by atoms with E-state index in [-0.39, 0.29) is 35.7 Å². The summed E-state index contributed by atoms with van der Waals surface area (Å²) in [5, 5.41) is 2.81. The van der Waals surface area contributed by atoms with Crippen LogP contribution in [-0.2, 0) is 16.1 Å². The summed E-state index contributed by atoms with van der Waals surface area (Å²) in [5.41, 5.74) is 0.721. The number of rotatable bonds is 6. The lowest BCUT2D eigenvalue weighted by molar-refractivity contribution is -0.129. The van der Waals surface area contributed by atoms with Crippen LogP contribution in [-0.4, -0.2) is 55.3 Å². The molecule has 0 aliphatic carbocycles. The smallest absolute Gasteiger partial charge is 0.225 e. The van der Waals surface area contributed by atoms with E-state index in [0.29, 0.717) is 13.1 Å². The van der Waals surface area contributed by atoms with E-state index in [2.05, 4.69) is 5.32 Å². The van der Waals surface area contributed by atoms with E-state index < -0.39 is 5.82 Å². The first-order valence-corrected chi connectivity index (χ1v) is 7.88. The number of halogens is 2. The topological polar surface area (TPSA) is 52.6 Å². The second-order valence-electron chi connectivity index (χ2n) is 6.01. The SMILES string of the molecule is CN(C)CCN1C[C@H](C(=O)NCc2ccc(F)c(Cl)c2)CC1=O. The summed E-state index contributed by atoms with van der Waals surface area (Å²) in [7, 11) is 3.89. The number of carbonyl (C=O) groups excluding carboxylic acids is 2. The molecule has 1 heterocycles. The Balaban J connectivity index is 1.84. The molecule has 126 valence electrons. The van der Waals surface area contributed by atoms with Crippen molar-refractivity contribution >= 4 is 23.4 Å². The van der Waals surface area contributed by atoms with E-state index in [0.717, 1.165) is 12.1 Å². The molecule has 2 rings (SSSR count). The first-order valence-electron chi connectivity index (χ1n) is 7.51. The second kappa shape index (κ2) is 7.75. The van der Waals surface area contributed by atoms with Crippen molar-refractivity contribution < 1.29 is 14.0 Å². The summed E-state index contributed by atoms with van der Waals surface area (Å²) < 4.78 is 13.1. The lowest BCUT2D eigenvalue weighted by Crippen LogP contribution is -2.35. The van der Waals surface area contributed by atoms with Gasteiger partial charge in [0.15, 0.2) is 0 Å². The number of likely N-dealkylation sites (N-methyl/N-ethyl adjacent to an activating group) is 1. The highest BCUT2D eigenvalue weighted by atomic mass is 35.5. The van der Waals surface area contributed by atoms with Crippen molar-refractivity contribution in [1.29, 1.82) is 0 Å². The fraction of sp³-hybridized carbons (Fsp3) is 0.500. The van der Waals surface area contributed by atoms with Crippen molar-refractivity contribution in [1.82, 2.24) is 15.1 Å². The number of carbonyl (C=O) groups is 2. The summed E-state index contributed by atoms with van der Waals surface area (Å²) in [6, 6.07) is 4.33. The van der Waals surface area contributed by atoms with Gasteiger partial charge >= 0.3 is 0 Å². The van der Waals surface area contributed by atoms with Crippen molar-refractivity contribution in [3.8, 4) is 0 Å². The lowest BCUT2D eigenvalue weighted by atomic mass is 10.1. The van der Waals surface area contributed by atoms with Crippen LogP contribution in [0.3, 0.4) is 0 Å². The van der Waals surface area contributed by atoms with Crippen molar-refractivity contribution in [2.45, 2.75) is 13.0 Å². The number of amides is 2. The first-order chi connectivity index (χ1) is 10.9. The summed E-state index contributed by atoms with van der Waals surface area (Å²) in [6.07, 6.45) is 0.240. The van der Waals surface area contributed by atoms with Crippen LogP contribution in [0.5, 0.6) is 0 Å². The Morgan fingerprint density at radius 3 is 2.87 bits per heavy atom. The second-order valence-corrected chi connectivity index (χ2v) is 6.42. The molecular formula is C16H21ClFN3O2. The summed E-state index contributed by atoms with van der Waals surface area (Å²) in [4.78, 5) is 27.8. The Labute approximate surface area is 140 Å². The number of nitrogens with zero attached hydrogens (tertiary/aromatic N) is 2. The Morgan fingerprint density at radius 1 is 1.48 bits per heavy atom. The lowest BCUT2D eigenvalue weighted by Gasteiger charge is -2.19. The molecule has 7 heteroatoms. The van der Waals surface area contributed by atoms with Crippen LogP contribution < -0.4 is 5.32 Å². The van der Waals surface area contributed by atoms with Gasteiger partial charge in [0.25, 0.3) is 0 Å². The largest absolute Gasteiger partial charge is 0.352 e. The van der Waals surface area contributed by atoms with Crippen molar-refractivity contribution in [2.24, 2.45) is 5.92 Å². The molecular weight excluding hydrogens is 321 g/mol. The molecule has 0 spiro atoms. The molecule has 1 aliphatic rings. The van der Waals surface area contributed by atoms with Gasteiger partial charge in [0.2, 0.25) is 11.8 Å². The monoisotopic (exact) mass is 341 g/mol. The van der Waals surface area contributed by atoms with Crippen LogP contribution >= 0.6 is 11.6 Å². The van der Waals surface area contributed by atoms with E-state index in [4.69, 9.17) is 11.6 Å². The van der Waals surface area contributed by atoms with E-state index >= 15 is 0 Å². The van der Waals surface area contributed by atoms with Gasteiger partial charge in [-0.1, -0.05) is 17.7 Å².